The highest BCUT2D eigenvalue weighted by molar-refractivity contribution is 7.99. The molecular formula is C20H14Cl2F3N5S. The molecule has 4 rings (SSSR count). The second kappa shape index (κ2) is 8.57. The van der Waals surface area contributed by atoms with E-state index in [1.54, 1.807) is 28.8 Å². The van der Waals surface area contributed by atoms with E-state index in [0.29, 0.717) is 31.3 Å². The summed E-state index contributed by atoms with van der Waals surface area (Å²) in [6.45, 7) is 0.202. The van der Waals surface area contributed by atoms with E-state index in [1.807, 2.05) is 0 Å². The van der Waals surface area contributed by atoms with Crippen LogP contribution < -0.4 is 5.73 Å². The van der Waals surface area contributed by atoms with Gasteiger partial charge in [0.2, 0.25) is 0 Å². The molecule has 0 amide bonds. The zero-order chi connectivity index (χ0) is 22.2. The van der Waals surface area contributed by atoms with Gasteiger partial charge >= 0.3 is 6.18 Å². The largest absolute Gasteiger partial charge is 0.416 e. The molecule has 0 fully saturated rings. The molecule has 5 nitrogen and oxygen atoms in total. The van der Waals surface area contributed by atoms with Gasteiger partial charge in [-0.05, 0) is 36.2 Å². The Bertz CT molecular complexity index is 1260. The van der Waals surface area contributed by atoms with Crippen molar-refractivity contribution >= 4 is 51.9 Å². The van der Waals surface area contributed by atoms with Crippen LogP contribution in [0.2, 0.25) is 10.0 Å². The van der Waals surface area contributed by atoms with E-state index in [0.717, 1.165) is 6.07 Å². The van der Waals surface area contributed by atoms with Crippen molar-refractivity contribution in [3.05, 3.63) is 70.0 Å². The number of hydrogen-bond donors (Lipinski definition) is 1. The summed E-state index contributed by atoms with van der Waals surface area (Å²) in [5, 5.41) is 1.40. The maximum Gasteiger partial charge on any atom is 0.416 e. The highest BCUT2D eigenvalue weighted by Gasteiger charge is 2.32. The predicted molar refractivity (Wildman–Crippen MR) is 115 cm³/mol. The molecule has 4 aromatic rings. The first-order chi connectivity index (χ1) is 14.7. The van der Waals surface area contributed by atoms with Crippen molar-refractivity contribution in [1.29, 1.82) is 0 Å². The number of nitrogen functional groups attached to an aromatic ring is 1. The first kappa shape index (κ1) is 21.7. The molecule has 2 aromatic heterocycles. The van der Waals surface area contributed by atoms with Crippen molar-refractivity contribution in [3.63, 3.8) is 0 Å². The van der Waals surface area contributed by atoms with Crippen molar-refractivity contribution < 1.29 is 13.2 Å². The molecule has 0 atom stereocenters. The molecule has 2 N–H and O–H groups in total. The summed E-state index contributed by atoms with van der Waals surface area (Å²) in [7, 11) is 0. The molecule has 0 unspecified atom stereocenters. The van der Waals surface area contributed by atoms with E-state index in [9.17, 15) is 13.2 Å². The fourth-order valence-electron chi connectivity index (χ4n) is 3.12. The molecule has 0 aliphatic carbocycles. The number of nitrogens with two attached hydrogens (primary N) is 1. The average Bonchev–Trinajstić information content (AvgIpc) is 3.06. The number of aromatic nitrogens is 4. The number of fused-ring (bicyclic) bond motifs is 1. The van der Waals surface area contributed by atoms with Crippen LogP contribution in [0.3, 0.4) is 0 Å². The Balaban J connectivity index is 1.73. The van der Waals surface area contributed by atoms with Crippen molar-refractivity contribution in [3.8, 4) is 0 Å². The Labute approximate surface area is 189 Å². The maximum atomic E-state index is 13.4. The summed E-state index contributed by atoms with van der Waals surface area (Å²) < 4.78 is 41.9. The van der Waals surface area contributed by atoms with Gasteiger partial charge in [0.25, 0.3) is 0 Å². The van der Waals surface area contributed by atoms with Gasteiger partial charge in [-0.1, -0.05) is 53.2 Å². The van der Waals surface area contributed by atoms with E-state index < -0.39 is 11.7 Å². The van der Waals surface area contributed by atoms with Crippen LogP contribution in [0.1, 0.15) is 11.1 Å². The second-order valence-corrected chi connectivity index (χ2v) is 8.41. The first-order valence-electron chi connectivity index (χ1n) is 8.99. The molecule has 160 valence electrons. The van der Waals surface area contributed by atoms with Gasteiger partial charge < -0.3 is 10.3 Å². The topological polar surface area (TPSA) is 69.6 Å². The maximum absolute atomic E-state index is 13.4. The normalized spacial score (nSPS) is 11.9. The Kier molecular flexibility index (Phi) is 6.00. The third-order valence-electron chi connectivity index (χ3n) is 4.55. The smallest absolute Gasteiger partial charge is 0.382 e. The van der Waals surface area contributed by atoms with Gasteiger partial charge in [-0.15, -0.1) is 0 Å². The van der Waals surface area contributed by atoms with Gasteiger partial charge in [0.15, 0.2) is 22.1 Å². The zero-order valence-electron chi connectivity index (χ0n) is 15.7. The van der Waals surface area contributed by atoms with Crippen LogP contribution in [0.15, 0.2) is 58.8 Å². The summed E-state index contributed by atoms with van der Waals surface area (Å²) in [4.78, 5) is 13.4. The molecule has 2 heterocycles. The van der Waals surface area contributed by atoms with Crippen LogP contribution in [0.25, 0.3) is 11.2 Å². The van der Waals surface area contributed by atoms with Crippen molar-refractivity contribution in [2.75, 3.05) is 5.73 Å². The highest BCUT2D eigenvalue weighted by Crippen LogP contribution is 2.37. The Hall–Kier alpha value is -2.49. The minimum Gasteiger partial charge on any atom is -0.382 e. The SMILES string of the molecule is Nc1ncnc2c1nc(Sc1ccc(Cl)cc1Cl)n2CCc1ccccc1C(F)(F)F. The number of rotatable bonds is 5. The summed E-state index contributed by atoms with van der Waals surface area (Å²) in [6.07, 6.45) is -3.02. The number of halogens is 5. The lowest BCUT2D eigenvalue weighted by atomic mass is 10.0. The Morgan fingerprint density at radius 2 is 1.84 bits per heavy atom. The number of aryl methyl sites for hydroxylation is 2. The molecule has 0 aliphatic heterocycles. The van der Waals surface area contributed by atoms with Gasteiger partial charge in [-0.25, -0.2) is 15.0 Å². The van der Waals surface area contributed by atoms with Crippen molar-refractivity contribution in [2.24, 2.45) is 0 Å². The summed E-state index contributed by atoms with van der Waals surface area (Å²) in [5.74, 6) is 0.184. The van der Waals surface area contributed by atoms with Crippen molar-refractivity contribution in [2.45, 2.75) is 29.2 Å². The van der Waals surface area contributed by atoms with Crippen LogP contribution in [-0.2, 0) is 19.1 Å². The average molecular weight is 484 g/mol. The van der Waals surface area contributed by atoms with Gasteiger partial charge in [-0.2, -0.15) is 13.2 Å². The van der Waals surface area contributed by atoms with Crippen LogP contribution in [0.5, 0.6) is 0 Å². The molecule has 11 heteroatoms. The fourth-order valence-corrected chi connectivity index (χ4v) is 4.56. The summed E-state index contributed by atoms with van der Waals surface area (Å²) in [5.41, 5.74) is 6.27. The van der Waals surface area contributed by atoms with Gasteiger partial charge in [-0.3, -0.25) is 0 Å². The third-order valence-corrected chi connectivity index (χ3v) is 6.28. The van der Waals surface area contributed by atoms with Crippen LogP contribution in [0.4, 0.5) is 19.0 Å². The van der Waals surface area contributed by atoms with E-state index in [2.05, 4.69) is 15.0 Å². The molecule has 0 bridgehead atoms. The van der Waals surface area contributed by atoms with E-state index >= 15 is 0 Å². The molecule has 0 radical (unpaired) electrons. The lowest BCUT2D eigenvalue weighted by molar-refractivity contribution is -0.138. The quantitative estimate of drug-likeness (QED) is 0.369. The van der Waals surface area contributed by atoms with Crippen LogP contribution in [-0.4, -0.2) is 19.5 Å². The number of imidazole rings is 1. The molecule has 0 aliphatic rings. The van der Waals surface area contributed by atoms with E-state index in [1.165, 1.54) is 30.2 Å². The Morgan fingerprint density at radius 3 is 2.58 bits per heavy atom. The lowest BCUT2D eigenvalue weighted by Gasteiger charge is -2.14. The predicted octanol–water partition coefficient (Wildman–Crippen LogP) is 6.13. The first-order valence-corrected chi connectivity index (χ1v) is 10.6. The monoisotopic (exact) mass is 483 g/mol. The highest BCUT2D eigenvalue weighted by atomic mass is 35.5. The molecule has 2 aromatic carbocycles. The third kappa shape index (κ3) is 4.58. The lowest BCUT2D eigenvalue weighted by Crippen LogP contribution is -2.11. The molecular weight excluding hydrogens is 470 g/mol. The second-order valence-electron chi connectivity index (χ2n) is 6.56. The minimum absolute atomic E-state index is 0.118. The van der Waals surface area contributed by atoms with E-state index in [-0.39, 0.29) is 24.3 Å². The number of nitrogens with zero attached hydrogens (tertiary/aromatic N) is 4. The van der Waals surface area contributed by atoms with Crippen LogP contribution in [0, 0.1) is 0 Å². The van der Waals surface area contributed by atoms with Gasteiger partial charge in [0, 0.05) is 16.5 Å². The molecule has 31 heavy (non-hydrogen) atoms. The molecule has 0 spiro atoms. The molecule has 0 saturated carbocycles. The standard InChI is InChI=1S/C20H14Cl2F3N5S/c21-12-5-6-15(14(22)9-12)31-19-29-16-17(26)27-10-28-18(16)30(19)8-7-11-3-1-2-4-13(11)20(23,24)25/h1-6,9-10H,7-8H2,(H2,26,27,28). The number of hydrogen-bond acceptors (Lipinski definition) is 5. The van der Waals surface area contributed by atoms with Crippen molar-refractivity contribution in [1.82, 2.24) is 19.5 Å². The van der Waals surface area contributed by atoms with E-state index in [4.69, 9.17) is 28.9 Å². The fraction of sp³-hybridized carbons (Fsp3) is 0.150. The zero-order valence-corrected chi connectivity index (χ0v) is 18.0. The number of benzene rings is 2. The summed E-state index contributed by atoms with van der Waals surface area (Å²) >= 11 is 13.5. The number of alkyl halides is 3. The van der Waals surface area contributed by atoms with Gasteiger partial charge in [0.05, 0.1) is 10.6 Å². The Morgan fingerprint density at radius 1 is 1.06 bits per heavy atom. The number of anilines is 1. The summed E-state index contributed by atoms with van der Waals surface area (Å²) in [6, 6.07) is 10.5. The van der Waals surface area contributed by atoms with Gasteiger partial charge in [0.1, 0.15) is 6.33 Å². The minimum atomic E-state index is -4.44. The van der Waals surface area contributed by atoms with Crippen LogP contribution >= 0.6 is 35.0 Å². The molecule has 0 saturated heterocycles.